The number of unbranched alkanes of at least 4 members (excludes halogenated alkanes) is 1. The molecule has 0 saturated carbocycles. The lowest BCUT2D eigenvalue weighted by atomic mass is 10.0. The van der Waals surface area contributed by atoms with Gasteiger partial charge in [0.25, 0.3) is 0 Å². The van der Waals surface area contributed by atoms with Crippen LogP contribution in [0.15, 0.2) is 12.1 Å². The Morgan fingerprint density at radius 2 is 1.88 bits per heavy atom. The van der Waals surface area contributed by atoms with E-state index >= 15 is 0 Å². The van der Waals surface area contributed by atoms with Crippen LogP contribution in [-0.2, 0) is 0 Å². The Hall–Kier alpha value is -1.22. The van der Waals surface area contributed by atoms with Gasteiger partial charge in [-0.25, -0.2) is 0 Å². The molecule has 0 saturated heterocycles. The molecule has 0 N–H and O–H groups in total. The summed E-state index contributed by atoms with van der Waals surface area (Å²) < 4.78 is 10.3. The number of hydrogen-bond acceptors (Lipinski definition) is 3. The summed E-state index contributed by atoms with van der Waals surface area (Å²) in [5.41, 5.74) is 0.520. The third-order valence-corrected chi connectivity index (χ3v) is 2.83. The van der Waals surface area contributed by atoms with E-state index in [1.54, 1.807) is 12.1 Å². The molecule has 17 heavy (non-hydrogen) atoms. The third-order valence-electron chi connectivity index (χ3n) is 2.53. The molecule has 0 heterocycles. The van der Waals surface area contributed by atoms with Crippen molar-refractivity contribution in [2.75, 3.05) is 14.2 Å². The third kappa shape index (κ3) is 3.37. The summed E-state index contributed by atoms with van der Waals surface area (Å²) in [7, 11) is 3.05. The van der Waals surface area contributed by atoms with Crippen LogP contribution in [0.1, 0.15) is 36.5 Å². The summed E-state index contributed by atoms with van der Waals surface area (Å²) in [5.74, 6) is 1.07. The molecule has 0 aliphatic rings. The molecule has 1 rings (SSSR count). The Morgan fingerprint density at radius 3 is 2.41 bits per heavy atom. The summed E-state index contributed by atoms with van der Waals surface area (Å²) in [6.07, 6.45) is 2.36. The van der Waals surface area contributed by atoms with Crippen molar-refractivity contribution in [3.8, 4) is 11.5 Å². The number of carbonyl (C=O) groups is 1. The van der Waals surface area contributed by atoms with Gasteiger partial charge < -0.3 is 9.47 Å². The first-order valence-electron chi connectivity index (χ1n) is 5.58. The van der Waals surface area contributed by atoms with Crippen molar-refractivity contribution in [2.45, 2.75) is 26.2 Å². The van der Waals surface area contributed by atoms with Gasteiger partial charge in [-0.3, -0.25) is 4.79 Å². The molecular formula is C13H17ClO3. The fourth-order valence-corrected chi connectivity index (χ4v) is 1.79. The molecular weight excluding hydrogens is 240 g/mol. The van der Waals surface area contributed by atoms with E-state index in [1.807, 2.05) is 6.92 Å². The molecule has 0 radical (unpaired) electrons. The molecule has 0 unspecified atom stereocenters. The quantitative estimate of drug-likeness (QED) is 0.728. The summed E-state index contributed by atoms with van der Waals surface area (Å²) in [6.45, 7) is 2.05. The van der Waals surface area contributed by atoms with Gasteiger partial charge in [-0.2, -0.15) is 0 Å². The van der Waals surface area contributed by atoms with Crippen molar-refractivity contribution < 1.29 is 14.3 Å². The number of rotatable bonds is 6. The van der Waals surface area contributed by atoms with Gasteiger partial charge in [-0.1, -0.05) is 24.9 Å². The first-order chi connectivity index (χ1) is 8.13. The number of methoxy groups -OCH3 is 2. The topological polar surface area (TPSA) is 35.5 Å². The average molecular weight is 257 g/mol. The van der Waals surface area contributed by atoms with E-state index in [4.69, 9.17) is 21.1 Å². The van der Waals surface area contributed by atoms with E-state index in [0.717, 1.165) is 12.8 Å². The van der Waals surface area contributed by atoms with E-state index < -0.39 is 0 Å². The predicted octanol–water partition coefficient (Wildman–Crippen LogP) is 3.73. The maximum absolute atomic E-state index is 12.0. The predicted molar refractivity (Wildman–Crippen MR) is 68.4 cm³/mol. The maximum atomic E-state index is 12.0. The van der Waals surface area contributed by atoms with Crippen LogP contribution >= 0.6 is 11.6 Å². The molecule has 0 fully saturated rings. The van der Waals surface area contributed by atoms with Gasteiger partial charge in [0.2, 0.25) is 0 Å². The minimum atomic E-state index is 0.0493. The average Bonchev–Trinajstić information content (AvgIpc) is 2.35. The van der Waals surface area contributed by atoms with E-state index in [1.165, 1.54) is 14.2 Å². The largest absolute Gasteiger partial charge is 0.496 e. The van der Waals surface area contributed by atoms with E-state index in [-0.39, 0.29) is 5.78 Å². The Morgan fingerprint density at radius 1 is 1.24 bits per heavy atom. The summed E-state index contributed by atoms with van der Waals surface area (Å²) in [6, 6.07) is 3.25. The van der Waals surface area contributed by atoms with E-state index in [2.05, 4.69) is 0 Å². The van der Waals surface area contributed by atoms with Gasteiger partial charge in [0, 0.05) is 12.5 Å². The number of Topliss-reactive ketones (excluding diaryl/α,β-unsaturated/α-hetero) is 1. The van der Waals surface area contributed by atoms with Crippen molar-refractivity contribution >= 4 is 17.4 Å². The highest BCUT2D eigenvalue weighted by Crippen LogP contribution is 2.33. The Balaban J connectivity index is 3.05. The number of ether oxygens (including phenoxy) is 2. The smallest absolute Gasteiger partial charge is 0.166 e. The fraction of sp³-hybridized carbons (Fsp3) is 0.462. The number of ketones is 1. The lowest BCUT2D eigenvalue weighted by Crippen LogP contribution is -2.03. The zero-order valence-electron chi connectivity index (χ0n) is 10.4. The highest BCUT2D eigenvalue weighted by atomic mass is 35.5. The van der Waals surface area contributed by atoms with Crippen molar-refractivity contribution in [3.05, 3.63) is 22.7 Å². The van der Waals surface area contributed by atoms with Gasteiger partial charge in [0.1, 0.15) is 11.5 Å². The van der Waals surface area contributed by atoms with Gasteiger partial charge >= 0.3 is 0 Å². The zero-order valence-corrected chi connectivity index (χ0v) is 11.1. The number of benzene rings is 1. The summed E-state index contributed by atoms with van der Waals surface area (Å²) >= 11 is 6.00. The Kier molecular flexibility index (Phi) is 5.29. The van der Waals surface area contributed by atoms with Crippen molar-refractivity contribution in [2.24, 2.45) is 0 Å². The minimum Gasteiger partial charge on any atom is -0.496 e. The molecule has 0 amide bonds. The van der Waals surface area contributed by atoms with Crippen LogP contribution < -0.4 is 9.47 Å². The van der Waals surface area contributed by atoms with Gasteiger partial charge in [0.15, 0.2) is 5.78 Å². The molecule has 4 heteroatoms. The second kappa shape index (κ2) is 6.50. The number of halogens is 1. The highest BCUT2D eigenvalue weighted by molar-refractivity contribution is 6.32. The summed E-state index contributed by atoms with van der Waals surface area (Å²) in [4.78, 5) is 12.0. The SMILES string of the molecule is CCCCC(=O)c1cc(Cl)c(OC)cc1OC. The summed E-state index contributed by atoms with van der Waals surface area (Å²) in [5, 5.41) is 0.424. The molecule has 0 bridgehead atoms. The van der Waals surface area contributed by atoms with E-state index in [9.17, 15) is 4.79 Å². The zero-order chi connectivity index (χ0) is 12.8. The fourth-order valence-electron chi connectivity index (χ4n) is 1.55. The molecule has 0 aliphatic carbocycles. The maximum Gasteiger partial charge on any atom is 0.166 e. The van der Waals surface area contributed by atoms with Crippen molar-refractivity contribution in [3.63, 3.8) is 0 Å². The van der Waals surface area contributed by atoms with Crippen LogP contribution in [0.5, 0.6) is 11.5 Å². The number of carbonyl (C=O) groups excluding carboxylic acids is 1. The molecule has 1 aromatic rings. The van der Waals surface area contributed by atoms with Crippen molar-refractivity contribution in [1.29, 1.82) is 0 Å². The molecule has 0 aromatic heterocycles. The van der Waals surface area contributed by atoms with Crippen LogP contribution in [0.3, 0.4) is 0 Å². The standard InChI is InChI=1S/C13H17ClO3/c1-4-5-6-11(15)9-7-10(14)13(17-3)8-12(9)16-2/h7-8H,4-6H2,1-3H3. The second-order valence-electron chi connectivity index (χ2n) is 3.71. The monoisotopic (exact) mass is 256 g/mol. The number of hydrogen-bond donors (Lipinski definition) is 0. The molecule has 0 spiro atoms. The minimum absolute atomic E-state index is 0.0493. The first-order valence-corrected chi connectivity index (χ1v) is 5.96. The Bertz CT molecular complexity index is 402. The van der Waals surface area contributed by atoms with Gasteiger partial charge in [-0.05, 0) is 12.5 Å². The second-order valence-corrected chi connectivity index (χ2v) is 4.12. The molecule has 3 nitrogen and oxygen atoms in total. The molecule has 1 aromatic carbocycles. The van der Waals surface area contributed by atoms with Crippen LogP contribution in [0.2, 0.25) is 5.02 Å². The highest BCUT2D eigenvalue weighted by Gasteiger charge is 2.15. The lowest BCUT2D eigenvalue weighted by molar-refractivity contribution is 0.0977. The first kappa shape index (κ1) is 13.8. The molecule has 0 aliphatic heterocycles. The van der Waals surface area contributed by atoms with Crippen LogP contribution in [0, 0.1) is 0 Å². The lowest BCUT2D eigenvalue weighted by Gasteiger charge is -2.11. The Labute approximate surface area is 107 Å². The van der Waals surface area contributed by atoms with Crippen molar-refractivity contribution in [1.82, 2.24) is 0 Å². The van der Waals surface area contributed by atoms with Crippen LogP contribution in [-0.4, -0.2) is 20.0 Å². The van der Waals surface area contributed by atoms with Gasteiger partial charge in [0.05, 0.1) is 24.8 Å². The van der Waals surface area contributed by atoms with Crippen LogP contribution in [0.4, 0.5) is 0 Å². The van der Waals surface area contributed by atoms with E-state index in [0.29, 0.717) is 28.5 Å². The van der Waals surface area contributed by atoms with Gasteiger partial charge in [-0.15, -0.1) is 0 Å². The normalized spacial score (nSPS) is 10.1. The molecule has 94 valence electrons. The van der Waals surface area contributed by atoms with Crippen LogP contribution in [0.25, 0.3) is 0 Å². The molecule has 0 atom stereocenters.